The molecule has 5 heteroatoms. The molecule has 0 aliphatic carbocycles. The van der Waals surface area contributed by atoms with E-state index in [2.05, 4.69) is 11.9 Å². The lowest BCUT2D eigenvalue weighted by Crippen LogP contribution is -2.66. The third kappa shape index (κ3) is 4.13. The number of carbonyl (C=O) groups is 1. The first-order valence-electron chi connectivity index (χ1n) is 11.1. The van der Waals surface area contributed by atoms with Crippen LogP contribution in [0.4, 0.5) is 10.1 Å². The number of benzene rings is 2. The largest absolute Gasteiger partial charge is 0.489 e. The molecule has 0 radical (unpaired) electrons. The fourth-order valence-electron chi connectivity index (χ4n) is 4.66. The quantitative estimate of drug-likeness (QED) is 0.474. The Morgan fingerprint density at radius 2 is 1.88 bits per heavy atom. The van der Waals surface area contributed by atoms with E-state index in [0.29, 0.717) is 6.61 Å². The molecule has 2 heterocycles. The standard InChI is InChI=1S/C27H29FN2O2/c1-3-5-6-20(4-2)19-32-24-13-7-21(8-14-24)25-27(15-17-29-18-16-27)26(31)30(25)23-11-9-22(28)10-12-23/h3-14,25,29H,2,15-19H2,1H3/b5-3-,20-6+. The Bertz CT molecular complexity index is 1020. The summed E-state index contributed by atoms with van der Waals surface area (Å²) >= 11 is 0. The van der Waals surface area contributed by atoms with Gasteiger partial charge in [0, 0.05) is 5.69 Å². The number of allylic oxidation sites excluding steroid dienone is 3. The van der Waals surface area contributed by atoms with E-state index in [9.17, 15) is 9.18 Å². The fraction of sp³-hybridized carbons (Fsp3) is 0.296. The predicted molar refractivity (Wildman–Crippen MR) is 126 cm³/mol. The minimum atomic E-state index is -0.409. The Balaban J connectivity index is 1.57. The lowest BCUT2D eigenvalue weighted by atomic mass is 9.62. The maximum absolute atomic E-state index is 13.5. The van der Waals surface area contributed by atoms with E-state index >= 15 is 0 Å². The Morgan fingerprint density at radius 1 is 1.19 bits per heavy atom. The van der Waals surface area contributed by atoms with Crippen molar-refractivity contribution in [3.63, 3.8) is 0 Å². The fourth-order valence-corrected chi connectivity index (χ4v) is 4.66. The van der Waals surface area contributed by atoms with E-state index in [1.54, 1.807) is 18.2 Å². The summed E-state index contributed by atoms with van der Waals surface area (Å²) in [5.41, 5.74) is 2.38. The van der Waals surface area contributed by atoms with Gasteiger partial charge in [0.2, 0.25) is 5.91 Å². The van der Waals surface area contributed by atoms with Crippen LogP contribution in [0.15, 0.2) is 85.0 Å². The number of β-lactam (4-membered cyclic amide) rings is 1. The Kier molecular flexibility index (Phi) is 6.56. The summed E-state index contributed by atoms with van der Waals surface area (Å²) in [6.07, 6.45) is 9.27. The first kappa shape index (κ1) is 22.0. The van der Waals surface area contributed by atoms with Crippen molar-refractivity contribution in [2.75, 3.05) is 24.6 Å². The molecule has 1 amide bonds. The smallest absolute Gasteiger partial charge is 0.236 e. The first-order chi connectivity index (χ1) is 15.6. The lowest BCUT2D eigenvalue weighted by Gasteiger charge is -2.58. The van der Waals surface area contributed by atoms with Gasteiger partial charge in [-0.15, -0.1) is 0 Å². The molecule has 2 aliphatic heterocycles. The average molecular weight is 433 g/mol. The summed E-state index contributed by atoms with van der Waals surface area (Å²) in [6.45, 7) is 7.88. The zero-order valence-corrected chi connectivity index (χ0v) is 18.4. The molecule has 0 saturated carbocycles. The molecule has 2 aromatic rings. The van der Waals surface area contributed by atoms with Crippen LogP contribution in [0.2, 0.25) is 0 Å². The molecule has 1 spiro atoms. The number of nitrogens with zero attached hydrogens (tertiary/aromatic N) is 1. The van der Waals surface area contributed by atoms with Crippen LogP contribution in [0.5, 0.6) is 5.75 Å². The van der Waals surface area contributed by atoms with Gasteiger partial charge >= 0.3 is 0 Å². The van der Waals surface area contributed by atoms with Crippen molar-refractivity contribution in [3.05, 3.63) is 96.4 Å². The Hall–Kier alpha value is -3.18. The molecule has 1 N–H and O–H groups in total. The summed E-state index contributed by atoms with van der Waals surface area (Å²) in [4.78, 5) is 15.1. The molecule has 4 rings (SSSR count). The zero-order chi connectivity index (χ0) is 22.6. The minimum Gasteiger partial charge on any atom is -0.489 e. The summed E-state index contributed by atoms with van der Waals surface area (Å²) in [5, 5.41) is 3.36. The van der Waals surface area contributed by atoms with Crippen LogP contribution in [-0.2, 0) is 4.79 Å². The van der Waals surface area contributed by atoms with Gasteiger partial charge in [0.15, 0.2) is 0 Å². The SMILES string of the molecule is C=C/C(=C\C=C/C)COc1ccc(C2N(c3ccc(F)cc3)C(=O)C23CCNCC3)cc1. The normalized spacial score (nSPS) is 20.4. The number of piperidine rings is 1. The van der Waals surface area contributed by atoms with Crippen molar-refractivity contribution in [3.8, 4) is 5.75 Å². The summed E-state index contributed by atoms with van der Waals surface area (Å²) in [5.74, 6) is 0.583. The van der Waals surface area contributed by atoms with Gasteiger partial charge in [0.25, 0.3) is 0 Å². The highest BCUT2D eigenvalue weighted by molar-refractivity contribution is 6.06. The lowest BCUT2D eigenvalue weighted by molar-refractivity contribution is -0.142. The number of nitrogens with one attached hydrogen (secondary N) is 1. The van der Waals surface area contributed by atoms with Gasteiger partial charge < -0.3 is 15.0 Å². The Labute approximate surface area is 189 Å². The van der Waals surface area contributed by atoms with Gasteiger partial charge in [-0.1, -0.05) is 43.0 Å². The number of halogens is 1. The molecule has 0 bridgehead atoms. The van der Waals surface area contributed by atoms with Gasteiger partial charge in [-0.2, -0.15) is 0 Å². The molecule has 0 aromatic heterocycles. The van der Waals surface area contributed by atoms with E-state index in [-0.39, 0.29) is 17.8 Å². The van der Waals surface area contributed by atoms with E-state index in [4.69, 9.17) is 4.74 Å². The molecule has 2 fully saturated rings. The van der Waals surface area contributed by atoms with Gasteiger partial charge in [0.1, 0.15) is 18.2 Å². The van der Waals surface area contributed by atoms with Gasteiger partial charge in [-0.25, -0.2) is 4.39 Å². The number of ether oxygens (including phenoxy) is 1. The van der Waals surface area contributed by atoms with Crippen LogP contribution in [0.3, 0.4) is 0 Å². The van der Waals surface area contributed by atoms with Crippen LogP contribution in [-0.4, -0.2) is 25.6 Å². The second-order valence-electron chi connectivity index (χ2n) is 8.29. The van der Waals surface area contributed by atoms with Crippen LogP contribution in [0.25, 0.3) is 0 Å². The van der Waals surface area contributed by atoms with Crippen molar-refractivity contribution < 1.29 is 13.9 Å². The van der Waals surface area contributed by atoms with E-state index < -0.39 is 5.41 Å². The molecule has 1 unspecified atom stereocenters. The highest BCUT2D eigenvalue weighted by Gasteiger charge is 2.61. The van der Waals surface area contributed by atoms with Crippen LogP contribution >= 0.6 is 0 Å². The average Bonchev–Trinajstić information content (AvgIpc) is 2.84. The number of amides is 1. The first-order valence-corrected chi connectivity index (χ1v) is 11.1. The van der Waals surface area contributed by atoms with Crippen molar-refractivity contribution in [1.82, 2.24) is 5.32 Å². The second-order valence-corrected chi connectivity index (χ2v) is 8.29. The van der Waals surface area contributed by atoms with Crippen LogP contribution in [0, 0.1) is 11.2 Å². The topological polar surface area (TPSA) is 41.6 Å². The minimum absolute atomic E-state index is 0.0741. The summed E-state index contributed by atoms with van der Waals surface area (Å²) in [6, 6.07) is 14.1. The number of anilines is 1. The third-order valence-corrected chi connectivity index (χ3v) is 6.39. The van der Waals surface area contributed by atoms with Gasteiger partial charge in [0.05, 0.1) is 11.5 Å². The monoisotopic (exact) mass is 432 g/mol. The van der Waals surface area contributed by atoms with E-state index in [1.807, 2.05) is 54.3 Å². The highest BCUT2D eigenvalue weighted by Crippen LogP contribution is 2.56. The molecule has 2 aromatic carbocycles. The van der Waals surface area contributed by atoms with Gasteiger partial charge in [-0.3, -0.25) is 4.79 Å². The molecule has 4 nitrogen and oxygen atoms in total. The Morgan fingerprint density at radius 3 is 2.50 bits per heavy atom. The third-order valence-electron chi connectivity index (χ3n) is 6.39. The van der Waals surface area contributed by atoms with Crippen LogP contribution < -0.4 is 15.0 Å². The maximum atomic E-state index is 13.5. The summed E-state index contributed by atoms with van der Waals surface area (Å²) in [7, 11) is 0. The number of rotatable bonds is 7. The number of hydrogen-bond acceptors (Lipinski definition) is 3. The molecule has 2 saturated heterocycles. The molecule has 2 aliphatic rings. The zero-order valence-electron chi connectivity index (χ0n) is 18.4. The molecular formula is C27H29FN2O2. The van der Waals surface area contributed by atoms with Crippen molar-refractivity contribution in [2.24, 2.45) is 5.41 Å². The molecule has 166 valence electrons. The molecular weight excluding hydrogens is 403 g/mol. The highest BCUT2D eigenvalue weighted by atomic mass is 19.1. The number of hydrogen-bond donors (Lipinski definition) is 1. The summed E-state index contributed by atoms with van der Waals surface area (Å²) < 4.78 is 19.4. The van der Waals surface area contributed by atoms with E-state index in [0.717, 1.165) is 48.5 Å². The van der Waals surface area contributed by atoms with Crippen molar-refractivity contribution in [1.29, 1.82) is 0 Å². The molecule has 32 heavy (non-hydrogen) atoms. The van der Waals surface area contributed by atoms with Crippen molar-refractivity contribution >= 4 is 11.6 Å². The molecule has 1 atom stereocenters. The maximum Gasteiger partial charge on any atom is 0.236 e. The van der Waals surface area contributed by atoms with Gasteiger partial charge in [-0.05, 0) is 80.4 Å². The predicted octanol–water partition coefficient (Wildman–Crippen LogP) is 5.35. The number of carbonyl (C=O) groups excluding carboxylic acids is 1. The van der Waals surface area contributed by atoms with E-state index in [1.165, 1.54) is 12.1 Å². The van der Waals surface area contributed by atoms with Crippen LogP contribution in [0.1, 0.15) is 31.4 Å². The second kappa shape index (κ2) is 9.53. The van der Waals surface area contributed by atoms with Crippen molar-refractivity contribution in [2.45, 2.75) is 25.8 Å².